The Kier molecular flexibility index (Phi) is 6.79. The number of benzene rings is 3. The first-order valence-electron chi connectivity index (χ1n) is 11.2. The maximum Gasteiger partial charge on any atom is 0.262 e. The molecule has 0 saturated carbocycles. The summed E-state index contributed by atoms with van der Waals surface area (Å²) in [6.45, 7) is 4.98. The van der Waals surface area contributed by atoms with Gasteiger partial charge in [0.2, 0.25) is 0 Å². The van der Waals surface area contributed by atoms with Crippen LogP contribution >= 0.6 is 0 Å². The summed E-state index contributed by atoms with van der Waals surface area (Å²) in [5, 5.41) is 9.62. The minimum atomic E-state index is -3.82. The third kappa shape index (κ3) is 5.46. The summed E-state index contributed by atoms with van der Waals surface area (Å²) in [6.07, 6.45) is 0. The molecular formula is C26H27N3O5S. The lowest BCUT2D eigenvalue weighted by molar-refractivity contribution is 0.0535. The lowest BCUT2D eigenvalue weighted by Gasteiger charge is -2.35. The van der Waals surface area contributed by atoms with Crippen LogP contribution in [-0.4, -0.2) is 61.3 Å². The fourth-order valence-corrected chi connectivity index (χ4v) is 5.42. The van der Waals surface area contributed by atoms with E-state index in [2.05, 4.69) is 4.72 Å². The van der Waals surface area contributed by atoms with E-state index < -0.39 is 10.0 Å². The molecular weight excluding hydrogens is 466 g/mol. The number of carbonyl (C=O) groups is 2. The van der Waals surface area contributed by atoms with Crippen LogP contribution in [-0.2, 0) is 10.0 Å². The topological polar surface area (TPSA) is 107 Å². The first kappa shape index (κ1) is 24.3. The van der Waals surface area contributed by atoms with Crippen LogP contribution in [0.1, 0.15) is 31.8 Å². The molecule has 4 rings (SSSR count). The Hall–Kier alpha value is -3.85. The molecule has 2 N–H and O–H groups in total. The van der Waals surface area contributed by atoms with E-state index >= 15 is 0 Å². The summed E-state index contributed by atoms with van der Waals surface area (Å²) in [6, 6.07) is 17.8. The quantitative estimate of drug-likeness (QED) is 0.567. The number of phenolic OH excluding ortho intramolecular Hbond substituents is 1. The van der Waals surface area contributed by atoms with Gasteiger partial charge in [0.15, 0.2) is 0 Å². The van der Waals surface area contributed by atoms with Crippen molar-refractivity contribution >= 4 is 27.5 Å². The molecule has 0 spiro atoms. The van der Waals surface area contributed by atoms with Crippen LogP contribution in [0, 0.1) is 13.8 Å². The van der Waals surface area contributed by atoms with Crippen LogP contribution in [0.5, 0.6) is 5.75 Å². The molecule has 0 atom stereocenters. The van der Waals surface area contributed by atoms with Gasteiger partial charge in [-0.05, 0) is 67.4 Å². The number of nitrogens with zero attached hydrogens (tertiary/aromatic N) is 2. The Morgan fingerprint density at radius 1 is 0.800 bits per heavy atom. The number of piperazine rings is 1. The van der Waals surface area contributed by atoms with E-state index in [9.17, 15) is 23.1 Å². The highest BCUT2D eigenvalue weighted by Crippen LogP contribution is 2.22. The molecule has 0 bridgehead atoms. The Labute approximate surface area is 204 Å². The molecule has 1 fully saturated rings. The summed E-state index contributed by atoms with van der Waals surface area (Å²) in [7, 11) is -3.82. The first-order chi connectivity index (χ1) is 16.6. The van der Waals surface area contributed by atoms with Crippen LogP contribution in [0.2, 0.25) is 0 Å². The van der Waals surface area contributed by atoms with Crippen molar-refractivity contribution < 1.29 is 23.1 Å². The van der Waals surface area contributed by atoms with E-state index in [1.165, 1.54) is 18.2 Å². The zero-order valence-corrected chi connectivity index (χ0v) is 20.4. The van der Waals surface area contributed by atoms with Gasteiger partial charge in [0.25, 0.3) is 21.8 Å². The van der Waals surface area contributed by atoms with Crippen molar-refractivity contribution in [3.63, 3.8) is 0 Å². The molecule has 0 unspecified atom stereocenters. The summed E-state index contributed by atoms with van der Waals surface area (Å²) in [4.78, 5) is 29.3. The van der Waals surface area contributed by atoms with E-state index in [-0.39, 0.29) is 22.5 Å². The van der Waals surface area contributed by atoms with E-state index in [1.54, 1.807) is 59.2 Å². The second-order valence-corrected chi connectivity index (χ2v) is 10.2. The lowest BCUT2D eigenvalue weighted by Crippen LogP contribution is -2.50. The van der Waals surface area contributed by atoms with Gasteiger partial charge in [-0.3, -0.25) is 14.3 Å². The van der Waals surface area contributed by atoms with Crippen molar-refractivity contribution in [3.8, 4) is 5.75 Å². The first-order valence-corrected chi connectivity index (χ1v) is 12.7. The van der Waals surface area contributed by atoms with Gasteiger partial charge in [0, 0.05) is 43.0 Å². The maximum absolute atomic E-state index is 13.1. The summed E-state index contributed by atoms with van der Waals surface area (Å²) >= 11 is 0. The fourth-order valence-electron chi connectivity index (χ4n) is 4.04. The van der Waals surface area contributed by atoms with Gasteiger partial charge in [-0.15, -0.1) is 0 Å². The molecule has 3 aromatic carbocycles. The van der Waals surface area contributed by atoms with E-state index in [1.807, 2.05) is 13.0 Å². The molecule has 2 amide bonds. The summed E-state index contributed by atoms with van der Waals surface area (Å²) in [5.41, 5.74) is 2.53. The van der Waals surface area contributed by atoms with Crippen molar-refractivity contribution in [2.24, 2.45) is 0 Å². The average Bonchev–Trinajstić information content (AvgIpc) is 2.84. The monoisotopic (exact) mass is 493 g/mol. The molecule has 1 aliphatic rings. The molecule has 1 aliphatic heterocycles. The van der Waals surface area contributed by atoms with Gasteiger partial charge in [-0.25, -0.2) is 8.42 Å². The standard InChI is InChI=1S/C26H27N3O5S/c1-18-9-10-19(2)24(15-18)35(33,34)27-22-7-3-5-20(16-22)25(31)28-11-13-29(14-12-28)26(32)21-6-4-8-23(30)17-21/h3-10,15-17,27,30H,11-14H2,1-2H3. The number of phenols is 1. The van der Waals surface area contributed by atoms with Gasteiger partial charge in [-0.2, -0.15) is 0 Å². The smallest absolute Gasteiger partial charge is 0.262 e. The Bertz CT molecular complexity index is 1380. The highest BCUT2D eigenvalue weighted by Gasteiger charge is 2.26. The van der Waals surface area contributed by atoms with Gasteiger partial charge in [-0.1, -0.05) is 24.3 Å². The van der Waals surface area contributed by atoms with Crippen molar-refractivity contribution in [2.75, 3.05) is 30.9 Å². The number of nitrogens with one attached hydrogen (secondary N) is 1. The Morgan fingerprint density at radius 2 is 1.37 bits per heavy atom. The van der Waals surface area contributed by atoms with E-state index in [4.69, 9.17) is 0 Å². The highest BCUT2D eigenvalue weighted by molar-refractivity contribution is 7.92. The third-order valence-corrected chi connectivity index (χ3v) is 7.47. The second kappa shape index (κ2) is 9.79. The molecule has 0 aromatic heterocycles. The van der Waals surface area contributed by atoms with Crippen LogP contribution < -0.4 is 4.72 Å². The van der Waals surface area contributed by atoms with Gasteiger partial charge < -0.3 is 14.9 Å². The number of hydrogen-bond donors (Lipinski definition) is 2. The van der Waals surface area contributed by atoms with Crippen LogP contribution in [0.25, 0.3) is 0 Å². The summed E-state index contributed by atoms with van der Waals surface area (Å²) < 4.78 is 28.4. The predicted molar refractivity (Wildman–Crippen MR) is 133 cm³/mol. The van der Waals surface area contributed by atoms with Crippen molar-refractivity contribution in [2.45, 2.75) is 18.7 Å². The Balaban J connectivity index is 1.43. The van der Waals surface area contributed by atoms with Crippen LogP contribution in [0.15, 0.2) is 71.6 Å². The zero-order chi connectivity index (χ0) is 25.2. The number of aromatic hydroxyl groups is 1. The van der Waals surface area contributed by atoms with E-state index in [0.717, 1.165) is 5.56 Å². The number of sulfonamides is 1. The van der Waals surface area contributed by atoms with Crippen LogP contribution in [0.3, 0.4) is 0 Å². The predicted octanol–water partition coefficient (Wildman–Crippen LogP) is 3.41. The average molecular weight is 494 g/mol. The SMILES string of the molecule is Cc1ccc(C)c(S(=O)(=O)Nc2cccc(C(=O)N3CCN(C(=O)c4cccc(O)c4)CC3)c2)c1. The third-order valence-electron chi connectivity index (χ3n) is 5.94. The zero-order valence-electron chi connectivity index (χ0n) is 19.6. The van der Waals surface area contributed by atoms with Crippen LogP contribution in [0.4, 0.5) is 5.69 Å². The van der Waals surface area contributed by atoms with Crippen molar-refractivity contribution in [3.05, 3.63) is 89.0 Å². The Morgan fingerprint density at radius 3 is 1.97 bits per heavy atom. The number of hydrogen-bond acceptors (Lipinski definition) is 5. The minimum absolute atomic E-state index is 0.0257. The number of anilines is 1. The number of rotatable bonds is 5. The largest absolute Gasteiger partial charge is 0.508 e. The van der Waals surface area contributed by atoms with Crippen molar-refractivity contribution in [1.82, 2.24) is 9.80 Å². The molecule has 35 heavy (non-hydrogen) atoms. The second-order valence-electron chi connectivity index (χ2n) is 8.59. The maximum atomic E-state index is 13.1. The normalized spacial score (nSPS) is 14.0. The molecule has 0 radical (unpaired) electrons. The van der Waals surface area contributed by atoms with Gasteiger partial charge in [0.05, 0.1) is 4.90 Å². The minimum Gasteiger partial charge on any atom is -0.508 e. The molecule has 182 valence electrons. The van der Waals surface area contributed by atoms with Gasteiger partial charge >= 0.3 is 0 Å². The number of aryl methyl sites for hydroxylation is 2. The molecule has 9 heteroatoms. The summed E-state index contributed by atoms with van der Waals surface area (Å²) in [5.74, 6) is -0.407. The lowest BCUT2D eigenvalue weighted by atomic mass is 10.1. The molecule has 1 saturated heterocycles. The number of amides is 2. The molecule has 3 aromatic rings. The van der Waals surface area contributed by atoms with E-state index in [0.29, 0.717) is 48.6 Å². The fraction of sp³-hybridized carbons (Fsp3) is 0.231. The van der Waals surface area contributed by atoms with Crippen molar-refractivity contribution in [1.29, 1.82) is 0 Å². The molecule has 1 heterocycles. The highest BCUT2D eigenvalue weighted by atomic mass is 32.2. The van der Waals surface area contributed by atoms with Gasteiger partial charge in [0.1, 0.15) is 5.75 Å². The number of carbonyl (C=O) groups excluding carboxylic acids is 2. The molecule has 0 aliphatic carbocycles. The molecule has 8 nitrogen and oxygen atoms in total.